The number of fused-ring (bicyclic) bond motifs is 10. The van der Waals surface area contributed by atoms with E-state index in [2.05, 4.69) is 44.7 Å². The van der Waals surface area contributed by atoms with Crippen molar-refractivity contribution in [2.24, 2.45) is 5.92 Å². The number of rotatable bonds is 11. The van der Waals surface area contributed by atoms with E-state index in [1.807, 2.05) is 6.92 Å². The van der Waals surface area contributed by atoms with E-state index in [0.717, 1.165) is 6.42 Å². The summed E-state index contributed by atoms with van der Waals surface area (Å²) < 4.78 is 154. The maximum Gasteiger partial charge on any atom is 1.00 e. The van der Waals surface area contributed by atoms with Gasteiger partial charge in [0, 0.05) is 51.4 Å². The van der Waals surface area contributed by atoms with Crippen LogP contribution in [0.4, 0.5) is 0 Å². The summed E-state index contributed by atoms with van der Waals surface area (Å²) >= 11 is 0. The number of ether oxygens (including phenoxy) is 11. The Labute approximate surface area is 520 Å². The molecular weight excluding hydrogens is 1120 g/mol. The van der Waals surface area contributed by atoms with Crippen molar-refractivity contribution in [1.82, 2.24) is 0 Å². The Morgan fingerprint density at radius 1 is 0.716 bits per heavy atom. The first kappa shape index (κ1) is 65.6. The first-order valence-electron chi connectivity index (χ1n) is 28.3. The predicted octanol–water partition coefficient (Wildman–Crippen LogP) is -2.65. The van der Waals surface area contributed by atoms with E-state index in [1.165, 1.54) is 13.0 Å². The van der Waals surface area contributed by atoms with Gasteiger partial charge >= 0.3 is 59.1 Å². The molecule has 0 spiro atoms. The van der Waals surface area contributed by atoms with Crippen LogP contribution in [0.2, 0.25) is 0 Å². The molecule has 0 aromatic rings. The Balaban J connectivity index is 0.00000396. The van der Waals surface area contributed by atoms with Crippen molar-refractivity contribution >= 4 is 20.8 Å². The third kappa shape index (κ3) is 13.1. The minimum atomic E-state index is -5.21. The molecule has 3 N–H and O–H groups in total. The number of hydrogen-bond acceptors (Lipinski definition) is 22. The third-order valence-electron chi connectivity index (χ3n) is 19.8. The molecule has 81 heavy (non-hydrogen) atoms. The fourth-order valence-corrected chi connectivity index (χ4v) is 16.1. The van der Waals surface area contributed by atoms with Gasteiger partial charge in [0.05, 0.1) is 127 Å². The summed E-state index contributed by atoms with van der Waals surface area (Å²) in [5, 5.41) is 34.1. The van der Waals surface area contributed by atoms with Crippen LogP contribution in [0.3, 0.4) is 0 Å². The van der Waals surface area contributed by atoms with Gasteiger partial charge in [-0.3, -0.25) is 8.37 Å². The Hall–Kier alpha value is 0.140. The Kier molecular flexibility index (Phi) is 19.6. The molecule has 11 aliphatic rings. The Morgan fingerprint density at radius 3 is 1.89 bits per heavy atom. The van der Waals surface area contributed by atoms with E-state index in [9.17, 15) is 41.3 Å². The largest absolute Gasteiger partial charge is 1.00 e. The molecule has 0 aliphatic carbocycles. The standard InChI is InChI=1S/C55H82O22S2.2Na/c1-10-30(56)27(2)11-14-51(5,58)50-29(4)19-39-38(72-50)25-46-55(9,75-39)49(57)48-42(71-46)23-41-47(73-48)28(3)12-15-53(7)44(70-41)26-43-54(8,77-53)16-13-31-32(69-43)20-34-33(66-31)21-35-36(67-34)22-40-37(68-35)24-45(76-79(62,63)64)52(6,74-40)17-18-65-78(59,60)61;;/h10-11,14,28,30-50,56-58H,1-2,4,12-13,15-26H2,3,5-9H3,(H,59,60,61)(H,62,63,64);;/q;2*+1/p-2/b14-11+;;/t28-,30?,31-,32?,33+,34?,35-,36?,37+,38?,39-,40?,41?,42?,43?,44?,45-,46?,47+,48+,49?,50-,51+,52?,53-,54+,55-;;/m0../s1. The van der Waals surface area contributed by atoms with Gasteiger partial charge in [0.15, 0.2) is 0 Å². The number of aliphatic hydroxyl groups excluding tert-OH is 2. The summed E-state index contributed by atoms with van der Waals surface area (Å²) in [6, 6.07) is 0. The van der Waals surface area contributed by atoms with Gasteiger partial charge in [0.2, 0.25) is 20.8 Å². The van der Waals surface area contributed by atoms with Crippen LogP contribution in [0.25, 0.3) is 0 Å². The van der Waals surface area contributed by atoms with Gasteiger partial charge in [-0.1, -0.05) is 38.3 Å². The fraction of sp³-hybridized carbons (Fsp3) is 0.855. The van der Waals surface area contributed by atoms with E-state index in [-0.39, 0.29) is 121 Å². The molecule has 22 nitrogen and oxygen atoms in total. The van der Waals surface area contributed by atoms with Crippen molar-refractivity contribution in [3.8, 4) is 0 Å². The molecule has 446 valence electrons. The van der Waals surface area contributed by atoms with Crippen LogP contribution in [0, 0.1) is 5.92 Å². The van der Waals surface area contributed by atoms with Gasteiger partial charge in [-0.15, -0.1) is 6.58 Å². The average molecular weight is 1200 g/mol. The second kappa shape index (κ2) is 24.2. The van der Waals surface area contributed by atoms with Crippen LogP contribution in [0.1, 0.15) is 125 Å². The monoisotopic (exact) mass is 1200 g/mol. The van der Waals surface area contributed by atoms with Crippen LogP contribution < -0.4 is 59.1 Å². The molecule has 26 heteroatoms. The van der Waals surface area contributed by atoms with E-state index >= 15 is 0 Å². The van der Waals surface area contributed by atoms with Crippen molar-refractivity contribution in [1.29, 1.82) is 0 Å². The topological polar surface area (TPSA) is 295 Å². The second-order valence-corrected chi connectivity index (χ2v) is 27.6. The molecule has 11 fully saturated rings. The van der Waals surface area contributed by atoms with Crippen molar-refractivity contribution in [2.45, 2.75) is 281 Å². The van der Waals surface area contributed by atoms with E-state index in [0.29, 0.717) is 75.4 Å². The molecule has 0 radical (unpaired) electrons. The molecule has 11 saturated heterocycles. The van der Waals surface area contributed by atoms with Gasteiger partial charge in [0.1, 0.15) is 35.6 Å². The molecule has 11 rings (SSSR count). The minimum Gasteiger partial charge on any atom is -0.726 e. The van der Waals surface area contributed by atoms with Gasteiger partial charge in [0.25, 0.3) is 0 Å². The third-order valence-corrected chi connectivity index (χ3v) is 20.7. The molecule has 0 bridgehead atoms. The molecule has 0 aromatic carbocycles. The SMILES string of the molecule is C=CC(O)C(=C)/C=C/[C@@](C)(O)[C@H]1OC2CC3OC4CC5OC6CC7OC8CC9OC%10CC%11OC(C)(CCOS(=O)(=O)[O-])[C@@H](OS(=O)(=O)[O-])C[C@H]%11O[C@H]%10C[C@H]9O[C@H]8CC[C@@]7(C)O[C@@]6(C)CC[C@H](C)[C@H]5O[C@H]4C(O)[C@@]3(C)O[C@H]2CC1=C.[Na+].[Na+]. The van der Waals surface area contributed by atoms with Gasteiger partial charge in [-0.2, -0.15) is 0 Å². The van der Waals surface area contributed by atoms with Crippen LogP contribution in [0.5, 0.6) is 0 Å². The first-order chi connectivity index (χ1) is 36.9. The first-order valence-corrected chi connectivity index (χ1v) is 30.9. The zero-order chi connectivity index (χ0) is 56.6. The zero-order valence-electron chi connectivity index (χ0n) is 47.9. The van der Waals surface area contributed by atoms with E-state index in [4.69, 9.17) is 56.3 Å². The van der Waals surface area contributed by atoms with Crippen molar-refractivity contribution in [3.05, 3.63) is 49.1 Å². The molecule has 11 heterocycles. The van der Waals surface area contributed by atoms with Crippen LogP contribution >= 0.6 is 0 Å². The van der Waals surface area contributed by atoms with Crippen LogP contribution in [-0.2, 0) is 81.3 Å². The smallest absolute Gasteiger partial charge is 0.726 e. The van der Waals surface area contributed by atoms with E-state index in [1.54, 1.807) is 19.1 Å². The quantitative estimate of drug-likeness (QED) is 0.0626. The molecule has 0 aromatic heterocycles. The molecule has 0 saturated carbocycles. The van der Waals surface area contributed by atoms with Crippen molar-refractivity contribution in [3.63, 3.8) is 0 Å². The van der Waals surface area contributed by atoms with Gasteiger partial charge in [-0.05, 0) is 83.8 Å². The van der Waals surface area contributed by atoms with E-state index < -0.39 is 141 Å². The minimum absolute atomic E-state index is 0. The maximum absolute atomic E-state index is 12.3. The molecule has 11 aliphatic heterocycles. The Morgan fingerprint density at radius 2 is 1.26 bits per heavy atom. The summed E-state index contributed by atoms with van der Waals surface area (Å²) in [5.74, 6) is 0.0464. The fourth-order valence-electron chi connectivity index (χ4n) is 15.3. The average Bonchev–Trinajstić information content (AvgIpc) is 3.69. The number of aliphatic hydroxyl groups is 3. The van der Waals surface area contributed by atoms with Gasteiger partial charge in [-0.25, -0.2) is 16.8 Å². The molecular formula is C55H80Na2O22S2. The summed E-state index contributed by atoms with van der Waals surface area (Å²) in [7, 11) is -10.3. The zero-order valence-corrected chi connectivity index (χ0v) is 53.5. The van der Waals surface area contributed by atoms with Gasteiger partial charge < -0.3 is 76.5 Å². The molecule has 13 unspecified atom stereocenters. The van der Waals surface area contributed by atoms with Crippen LogP contribution in [-0.4, -0.2) is 204 Å². The summed E-state index contributed by atoms with van der Waals surface area (Å²) in [4.78, 5) is 0. The number of hydrogen-bond donors (Lipinski definition) is 3. The molecule has 0 amide bonds. The Bertz CT molecular complexity index is 2600. The van der Waals surface area contributed by atoms with Crippen molar-refractivity contribution < 1.29 is 161 Å². The predicted molar refractivity (Wildman–Crippen MR) is 273 cm³/mol. The molecule has 27 atom stereocenters. The maximum atomic E-state index is 12.3. The summed E-state index contributed by atoms with van der Waals surface area (Å²) in [6.07, 6.45) is -1.77. The summed E-state index contributed by atoms with van der Waals surface area (Å²) in [5.41, 5.74) is -4.49. The van der Waals surface area contributed by atoms with Crippen LogP contribution in [0.15, 0.2) is 49.1 Å². The van der Waals surface area contributed by atoms with Crippen molar-refractivity contribution in [2.75, 3.05) is 6.61 Å². The summed E-state index contributed by atoms with van der Waals surface area (Å²) in [6.45, 7) is 22.5. The second-order valence-electron chi connectivity index (χ2n) is 25.6. The normalized spacial score (nSPS) is 49.7.